The molecule has 0 fully saturated rings. The van der Waals surface area contributed by atoms with E-state index in [9.17, 15) is 17.2 Å². The topological polar surface area (TPSA) is 60.2 Å². The molecule has 0 aliphatic carbocycles. The van der Waals surface area contributed by atoms with E-state index in [-0.39, 0.29) is 12.1 Å². The van der Waals surface area contributed by atoms with Crippen molar-refractivity contribution < 1.29 is 17.2 Å². The first kappa shape index (κ1) is 14.1. The van der Waals surface area contributed by atoms with Gasteiger partial charge in [-0.1, -0.05) is 30.3 Å². The van der Waals surface area contributed by atoms with Crippen LogP contribution in [-0.4, -0.2) is 26.0 Å². The van der Waals surface area contributed by atoms with E-state index in [0.717, 1.165) is 0 Å². The van der Waals surface area contributed by atoms with Crippen molar-refractivity contribution >= 4 is 9.84 Å². The summed E-state index contributed by atoms with van der Waals surface area (Å²) in [7, 11) is -3.89. The highest BCUT2D eigenvalue weighted by atomic mass is 32.2. The van der Waals surface area contributed by atoms with E-state index in [2.05, 4.69) is 0 Å². The van der Waals surface area contributed by atoms with Gasteiger partial charge in [-0.2, -0.15) is 0 Å². The molecular weight excluding hydrogens is 248 g/mol. The van der Waals surface area contributed by atoms with Crippen molar-refractivity contribution in [3.8, 4) is 0 Å². The van der Waals surface area contributed by atoms with Gasteiger partial charge in [-0.3, -0.25) is 0 Å². The summed E-state index contributed by atoms with van der Waals surface area (Å²) in [5.74, 6) is -4.59. The molecule has 1 aromatic rings. The Morgan fingerprint density at radius 3 is 2.29 bits per heavy atom. The number of benzene rings is 1. The molecule has 0 radical (unpaired) electrons. The molecule has 0 aliphatic rings. The van der Waals surface area contributed by atoms with E-state index in [1.807, 2.05) is 0 Å². The monoisotopic (exact) mass is 263 g/mol. The number of sulfone groups is 1. The van der Waals surface area contributed by atoms with Gasteiger partial charge in [-0.05, 0) is 6.92 Å². The van der Waals surface area contributed by atoms with Gasteiger partial charge >= 0.3 is 0 Å². The zero-order valence-electron chi connectivity index (χ0n) is 9.44. The Morgan fingerprint density at radius 2 is 1.82 bits per heavy atom. The molecule has 1 unspecified atom stereocenters. The Morgan fingerprint density at radius 1 is 1.29 bits per heavy atom. The molecule has 0 saturated heterocycles. The second kappa shape index (κ2) is 5.10. The predicted molar refractivity (Wildman–Crippen MR) is 62.6 cm³/mol. The van der Waals surface area contributed by atoms with Gasteiger partial charge in [0.15, 0.2) is 9.84 Å². The lowest BCUT2D eigenvalue weighted by molar-refractivity contribution is 0.0211. The van der Waals surface area contributed by atoms with Crippen molar-refractivity contribution in [3.05, 3.63) is 35.9 Å². The van der Waals surface area contributed by atoms with Crippen LogP contribution in [0.25, 0.3) is 0 Å². The smallest absolute Gasteiger partial charge is 0.287 e. The minimum atomic E-state index is -3.89. The van der Waals surface area contributed by atoms with Gasteiger partial charge in [-0.25, -0.2) is 17.2 Å². The van der Waals surface area contributed by atoms with E-state index in [0.29, 0.717) is 0 Å². The highest BCUT2D eigenvalue weighted by Gasteiger charge is 2.39. The molecule has 2 N–H and O–H groups in total. The average molecular weight is 263 g/mol. The summed E-state index contributed by atoms with van der Waals surface area (Å²) >= 11 is 0. The first-order valence-corrected chi connectivity index (χ1v) is 6.86. The average Bonchev–Trinajstić information content (AvgIpc) is 2.27. The summed E-state index contributed by atoms with van der Waals surface area (Å²) in [4.78, 5) is 0. The standard InChI is InChI=1S/C11H15F2NO2S/c1-9(7-14)17(15,16)8-11(12,13)10-5-3-2-4-6-10/h2-6,9H,7-8,14H2,1H3. The van der Waals surface area contributed by atoms with Crippen LogP contribution in [0.3, 0.4) is 0 Å². The van der Waals surface area contributed by atoms with Crippen LogP contribution in [0.1, 0.15) is 12.5 Å². The minimum Gasteiger partial charge on any atom is -0.329 e. The van der Waals surface area contributed by atoms with Crippen LogP contribution in [0.2, 0.25) is 0 Å². The zero-order valence-corrected chi connectivity index (χ0v) is 10.3. The predicted octanol–water partition coefficient (Wildman–Crippen LogP) is 1.54. The Balaban J connectivity index is 2.95. The molecule has 0 spiro atoms. The van der Waals surface area contributed by atoms with Crippen LogP contribution in [0.4, 0.5) is 8.78 Å². The third-order valence-electron chi connectivity index (χ3n) is 2.52. The zero-order chi connectivity index (χ0) is 13.1. The van der Waals surface area contributed by atoms with Gasteiger partial charge < -0.3 is 5.73 Å². The fraction of sp³-hybridized carbons (Fsp3) is 0.455. The van der Waals surface area contributed by atoms with Gasteiger partial charge in [0.05, 0.1) is 5.25 Å². The van der Waals surface area contributed by atoms with Gasteiger partial charge in [-0.15, -0.1) is 0 Å². The molecule has 0 amide bonds. The summed E-state index contributed by atoms with van der Waals surface area (Å²) in [5, 5.41) is -0.961. The fourth-order valence-corrected chi connectivity index (χ4v) is 2.56. The van der Waals surface area contributed by atoms with Crippen LogP contribution in [0.5, 0.6) is 0 Å². The largest absolute Gasteiger partial charge is 0.329 e. The lowest BCUT2D eigenvalue weighted by Gasteiger charge is -2.19. The summed E-state index contributed by atoms with van der Waals surface area (Å²) in [6, 6.07) is 6.91. The van der Waals surface area contributed by atoms with Crippen molar-refractivity contribution in [3.63, 3.8) is 0 Å². The number of halogens is 2. The Labute approximate surface area is 99.6 Å². The molecule has 1 aromatic carbocycles. The van der Waals surface area contributed by atoms with Crippen molar-refractivity contribution in [2.24, 2.45) is 5.73 Å². The van der Waals surface area contributed by atoms with E-state index < -0.39 is 26.8 Å². The summed E-state index contributed by atoms with van der Waals surface area (Å²) in [5.41, 5.74) is 4.89. The number of hydrogen-bond donors (Lipinski definition) is 1. The highest BCUT2D eigenvalue weighted by Crippen LogP contribution is 2.30. The third-order valence-corrected chi connectivity index (χ3v) is 4.71. The molecule has 0 bridgehead atoms. The maximum atomic E-state index is 13.7. The molecule has 0 heterocycles. The second-order valence-corrected chi connectivity index (χ2v) is 6.34. The number of alkyl halides is 2. The molecule has 0 saturated carbocycles. The van der Waals surface area contributed by atoms with E-state index in [1.54, 1.807) is 6.07 Å². The molecule has 96 valence electrons. The fourth-order valence-electron chi connectivity index (χ4n) is 1.31. The molecular formula is C11H15F2NO2S. The molecule has 17 heavy (non-hydrogen) atoms. The van der Waals surface area contributed by atoms with Crippen molar-refractivity contribution in [2.45, 2.75) is 18.1 Å². The van der Waals surface area contributed by atoms with Crippen LogP contribution in [0, 0.1) is 0 Å². The summed E-state index contributed by atoms with van der Waals surface area (Å²) in [6.07, 6.45) is 0. The van der Waals surface area contributed by atoms with Crippen molar-refractivity contribution in [1.29, 1.82) is 0 Å². The molecule has 0 aliphatic heterocycles. The maximum absolute atomic E-state index is 13.7. The van der Waals surface area contributed by atoms with E-state index in [4.69, 9.17) is 5.73 Å². The highest BCUT2D eigenvalue weighted by molar-refractivity contribution is 7.92. The molecule has 1 atom stereocenters. The minimum absolute atomic E-state index is 0.160. The number of rotatable bonds is 5. The lowest BCUT2D eigenvalue weighted by atomic mass is 10.1. The first-order valence-electron chi connectivity index (χ1n) is 5.14. The van der Waals surface area contributed by atoms with Crippen molar-refractivity contribution in [2.75, 3.05) is 12.3 Å². The molecule has 3 nitrogen and oxygen atoms in total. The van der Waals surface area contributed by atoms with Gasteiger partial charge in [0.25, 0.3) is 5.92 Å². The van der Waals surface area contributed by atoms with Crippen LogP contribution in [0.15, 0.2) is 30.3 Å². The van der Waals surface area contributed by atoms with E-state index in [1.165, 1.54) is 31.2 Å². The van der Waals surface area contributed by atoms with Gasteiger partial charge in [0, 0.05) is 12.1 Å². The number of hydrogen-bond acceptors (Lipinski definition) is 3. The molecule has 0 aromatic heterocycles. The maximum Gasteiger partial charge on any atom is 0.287 e. The van der Waals surface area contributed by atoms with Crippen molar-refractivity contribution in [1.82, 2.24) is 0 Å². The molecule has 1 rings (SSSR count). The van der Waals surface area contributed by atoms with Gasteiger partial charge in [0.1, 0.15) is 5.75 Å². The first-order chi connectivity index (χ1) is 7.79. The molecule has 6 heteroatoms. The number of nitrogens with two attached hydrogens (primary N) is 1. The summed E-state index contributed by atoms with van der Waals surface area (Å²) in [6.45, 7) is 1.17. The normalized spacial score (nSPS) is 14.6. The lowest BCUT2D eigenvalue weighted by Crippen LogP contribution is -2.35. The van der Waals surface area contributed by atoms with Crippen LogP contribution in [-0.2, 0) is 15.8 Å². The summed E-state index contributed by atoms with van der Waals surface area (Å²) < 4.78 is 50.6. The van der Waals surface area contributed by atoms with Gasteiger partial charge in [0.2, 0.25) is 0 Å². The third kappa shape index (κ3) is 3.47. The Bertz CT molecular complexity index is 460. The van der Waals surface area contributed by atoms with Crippen LogP contribution >= 0.6 is 0 Å². The Hall–Kier alpha value is -1.01. The van der Waals surface area contributed by atoms with Crippen LogP contribution < -0.4 is 5.73 Å². The quantitative estimate of drug-likeness (QED) is 0.876. The SMILES string of the molecule is CC(CN)S(=O)(=O)CC(F)(F)c1ccccc1. The Kier molecular flexibility index (Phi) is 4.21. The van der Waals surface area contributed by atoms with E-state index >= 15 is 0 Å². The second-order valence-electron chi connectivity index (χ2n) is 3.92.